The summed E-state index contributed by atoms with van der Waals surface area (Å²) in [5, 5.41) is 10.4. The molecule has 1 N–H and O–H groups in total. The fourth-order valence-electron chi connectivity index (χ4n) is 4.45. The summed E-state index contributed by atoms with van der Waals surface area (Å²) in [6, 6.07) is 5.61. The number of sulfonamides is 1. The largest absolute Gasteiger partial charge is 0.390 e. The Hall–Kier alpha value is -1.03. The van der Waals surface area contributed by atoms with E-state index in [0.717, 1.165) is 45.6 Å². The van der Waals surface area contributed by atoms with Crippen molar-refractivity contribution >= 4 is 10.0 Å². The minimum atomic E-state index is -3.44. The maximum Gasteiger partial charge on any atom is 0.243 e. The number of β-amino-alcohol motifs (C(OH)–C–C–N with tert-alkyl or cyclic N) is 1. The lowest BCUT2D eigenvalue weighted by atomic mass is 10.1. The Morgan fingerprint density at radius 1 is 0.929 bits per heavy atom. The number of rotatable bonds is 6. The molecule has 1 aromatic carbocycles. The van der Waals surface area contributed by atoms with Gasteiger partial charge in [0.1, 0.15) is 0 Å². The SMILES string of the molecule is O=S(=O)(c1ccc2c(c1)CCC2)N1CCN(C[C@H](O)CN2CCOCC2)CC1. The first-order chi connectivity index (χ1) is 13.5. The lowest BCUT2D eigenvalue weighted by molar-refractivity contribution is 0.00469. The quantitative estimate of drug-likeness (QED) is 0.722. The zero-order chi connectivity index (χ0) is 19.6. The highest BCUT2D eigenvalue weighted by molar-refractivity contribution is 7.89. The summed E-state index contributed by atoms with van der Waals surface area (Å²) in [7, 11) is -3.44. The van der Waals surface area contributed by atoms with Crippen molar-refractivity contribution in [3.63, 3.8) is 0 Å². The van der Waals surface area contributed by atoms with Gasteiger partial charge >= 0.3 is 0 Å². The molecule has 2 aliphatic heterocycles. The maximum atomic E-state index is 13.0. The number of aliphatic hydroxyl groups is 1. The van der Waals surface area contributed by atoms with Crippen LogP contribution < -0.4 is 0 Å². The molecule has 2 heterocycles. The second kappa shape index (κ2) is 8.77. The fraction of sp³-hybridized carbons (Fsp3) is 0.700. The second-order valence-electron chi connectivity index (χ2n) is 8.06. The Kier molecular flexibility index (Phi) is 6.34. The molecule has 3 aliphatic rings. The predicted molar refractivity (Wildman–Crippen MR) is 107 cm³/mol. The molecule has 0 amide bonds. The predicted octanol–water partition coefficient (Wildman–Crippen LogP) is 0.175. The molecule has 7 nitrogen and oxygen atoms in total. The molecule has 8 heteroatoms. The molecule has 4 rings (SSSR count). The van der Waals surface area contributed by atoms with Crippen LogP contribution in [0, 0.1) is 0 Å². The number of piperazine rings is 1. The van der Waals surface area contributed by atoms with Gasteiger partial charge in [-0.05, 0) is 42.5 Å². The van der Waals surface area contributed by atoms with Crippen LogP contribution in [0.1, 0.15) is 17.5 Å². The van der Waals surface area contributed by atoms with Crippen LogP contribution in [0.15, 0.2) is 23.1 Å². The minimum Gasteiger partial charge on any atom is -0.390 e. The fourth-order valence-corrected chi connectivity index (χ4v) is 5.92. The van der Waals surface area contributed by atoms with Crippen LogP contribution in [-0.4, -0.2) is 99.3 Å². The Labute approximate surface area is 167 Å². The highest BCUT2D eigenvalue weighted by atomic mass is 32.2. The first kappa shape index (κ1) is 20.3. The van der Waals surface area contributed by atoms with E-state index in [1.165, 1.54) is 11.1 Å². The zero-order valence-corrected chi connectivity index (χ0v) is 17.2. The number of benzene rings is 1. The Bertz CT molecular complexity index is 772. The standard InChI is InChI=1S/C20H31N3O4S/c24-19(16-22-10-12-27-13-11-22)15-21-6-8-23(9-7-21)28(25,26)20-5-4-17-2-1-3-18(17)14-20/h4-5,14,19,24H,1-3,6-13,15-16H2/t19-/m0/s1. The number of hydrogen-bond acceptors (Lipinski definition) is 6. The van der Waals surface area contributed by atoms with Crippen molar-refractivity contribution < 1.29 is 18.3 Å². The van der Waals surface area contributed by atoms with Crippen molar-refractivity contribution in [2.24, 2.45) is 0 Å². The molecule has 2 fully saturated rings. The molecule has 2 saturated heterocycles. The molecule has 0 unspecified atom stereocenters. The summed E-state index contributed by atoms with van der Waals surface area (Å²) >= 11 is 0. The monoisotopic (exact) mass is 409 g/mol. The molecule has 0 radical (unpaired) electrons. The molecule has 1 aliphatic carbocycles. The van der Waals surface area contributed by atoms with Gasteiger partial charge in [0, 0.05) is 52.4 Å². The molecule has 28 heavy (non-hydrogen) atoms. The van der Waals surface area contributed by atoms with Crippen LogP contribution in [0.5, 0.6) is 0 Å². The van der Waals surface area contributed by atoms with E-state index in [-0.39, 0.29) is 0 Å². The van der Waals surface area contributed by atoms with Crippen molar-refractivity contribution in [3.05, 3.63) is 29.3 Å². The van der Waals surface area contributed by atoms with Crippen molar-refractivity contribution in [1.29, 1.82) is 0 Å². The van der Waals surface area contributed by atoms with E-state index in [9.17, 15) is 13.5 Å². The van der Waals surface area contributed by atoms with E-state index >= 15 is 0 Å². The topological polar surface area (TPSA) is 73.3 Å². The summed E-state index contributed by atoms with van der Waals surface area (Å²) in [5.41, 5.74) is 2.48. The Morgan fingerprint density at radius 2 is 1.57 bits per heavy atom. The van der Waals surface area contributed by atoms with Gasteiger partial charge in [-0.25, -0.2) is 8.42 Å². The normalized spacial score (nSPS) is 23.6. The van der Waals surface area contributed by atoms with Gasteiger partial charge in [0.2, 0.25) is 10.0 Å². The van der Waals surface area contributed by atoms with Gasteiger partial charge in [0.15, 0.2) is 0 Å². The third-order valence-corrected chi connectivity index (χ3v) is 7.98. The van der Waals surface area contributed by atoms with Gasteiger partial charge in [-0.2, -0.15) is 4.31 Å². The van der Waals surface area contributed by atoms with Gasteiger partial charge in [0.05, 0.1) is 24.2 Å². The van der Waals surface area contributed by atoms with Crippen LogP contribution >= 0.6 is 0 Å². The summed E-state index contributed by atoms with van der Waals surface area (Å²) in [6.07, 6.45) is 2.73. The molecule has 0 bridgehead atoms. The van der Waals surface area contributed by atoms with Crippen LogP contribution in [0.4, 0.5) is 0 Å². The van der Waals surface area contributed by atoms with Crippen LogP contribution in [-0.2, 0) is 27.6 Å². The third kappa shape index (κ3) is 4.58. The average molecular weight is 410 g/mol. The van der Waals surface area contributed by atoms with Crippen molar-refractivity contribution in [2.75, 3.05) is 65.6 Å². The molecule has 156 valence electrons. The summed E-state index contributed by atoms with van der Waals surface area (Å²) in [5.74, 6) is 0. The van der Waals surface area contributed by atoms with E-state index in [1.54, 1.807) is 10.4 Å². The van der Waals surface area contributed by atoms with Crippen LogP contribution in [0.3, 0.4) is 0 Å². The van der Waals surface area contributed by atoms with Crippen molar-refractivity contribution in [2.45, 2.75) is 30.3 Å². The van der Waals surface area contributed by atoms with E-state index in [4.69, 9.17) is 4.74 Å². The van der Waals surface area contributed by atoms with Crippen molar-refractivity contribution in [3.8, 4) is 0 Å². The molecule has 1 atom stereocenters. The highest BCUT2D eigenvalue weighted by Crippen LogP contribution is 2.26. The molecular formula is C20H31N3O4S. The molecule has 0 saturated carbocycles. The molecule has 0 spiro atoms. The zero-order valence-electron chi connectivity index (χ0n) is 16.4. The third-order valence-electron chi connectivity index (χ3n) is 6.08. The van der Waals surface area contributed by atoms with Crippen LogP contribution in [0.2, 0.25) is 0 Å². The maximum absolute atomic E-state index is 13.0. The number of hydrogen-bond donors (Lipinski definition) is 1. The molecular weight excluding hydrogens is 378 g/mol. The van der Waals surface area contributed by atoms with Gasteiger partial charge in [0.25, 0.3) is 0 Å². The Balaban J connectivity index is 1.29. The van der Waals surface area contributed by atoms with Crippen LogP contribution in [0.25, 0.3) is 0 Å². The first-order valence-electron chi connectivity index (χ1n) is 10.3. The lowest BCUT2D eigenvalue weighted by Gasteiger charge is -2.36. The van der Waals surface area contributed by atoms with E-state index in [0.29, 0.717) is 44.2 Å². The number of nitrogens with zero attached hydrogens (tertiary/aromatic N) is 3. The summed E-state index contributed by atoms with van der Waals surface area (Å²) in [4.78, 5) is 4.82. The minimum absolute atomic E-state index is 0.419. The van der Waals surface area contributed by atoms with Gasteiger partial charge in [-0.1, -0.05) is 6.07 Å². The first-order valence-corrected chi connectivity index (χ1v) is 11.8. The number of aryl methyl sites for hydroxylation is 2. The summed E-state index contributed by atoms with van der Waals surface area (Å²) < 4.78 is 33.0. The van der Waals surface area contributed by atoms with E-state index < -0.39 is 16.1 Å². The summed E-state index contributed by atoms with van der Waals surface area (Å²) in [6.45, 7) is 6.69. The van der Waals surface area contributed by atoms with Gasteiger partial charge in [-0.15, -0.1) is 0 Å². The highest BCUT2D eigenvalue weighted by Gasteiger charge is 2.30. The number of aliphatic hydroxyl groups excluding tert-OH is 1. The van der Waals surface area contributed by atoms with E-state index in [2.05, 4.69) is 9.80 Å². The average Bonchev–Trinajstić information content (AvgIpc) is 3.17. The smallest absolute Gasteiger partial charge is 0.243 e. The molecule has 1 aromatic rings. The van der Waals surface area contributed by atoms with E-state index in [1.807, 2.05) is 12.1 Å². The van der Waals surface area contributed by atoms with Gasteiger partial charge in [-0.3, -0.25) is 9.80 Å². The van der Waals surface area contributed by atoms with Crippen molar-refractivity contribution in [1.82, 2.24) is 14.1 Å². The lowest BCUT2D eigenvalue weighted by Crippen LogP contribution is -2.52. The van der Waals surface area contributed by atoms with Gasteiger partial charge < -0.3 is 9.84 Å². The molecule has 0 aromatic heterocycles. The number of morpholine rings is 1. The number of fused-ring (bicyclic) bond motifs is 1. The number of ether oxygens (including phenoxy) is 1. The second-order valence-corrected chi connectivity index (χ2v) is 9.99. The Morgan fingerprint density at radius 3 is 2.29 bits per heavy atom.